The number of carbonyl (C=O) groups is 2. The molecule has 5 nitrogen and oxygen atoms in total. The molecular weight excluding hydrogens is 340 g/mol. The highest BCUT2D eigenvalue weighted by Crippen LogP contribution is 2.33. The molecule has 2 aromatic carbocycles. The number of para-hydroxylation sites is 2. The first-order valence-corrected chi connectivity index (χ1v) is 9.44. The van der Waals surface area contributed by atoms with Gasteiger partial charge in [-0.25, -0.2) is 0 Å². The number of amides is 2. The van der Waals surface area contributed by atoms with E-state index < -0.39 is 0 Å². The van der Waals surface area contributed by atoms with E-state index in [2.05, 4.69) is 30.4 Å². The Morgan fingerprint density at radius 1 is 1.22 bits per heavy atom. The fraction of sp³-hybridized carbons (Fsp3) is 0.364. The highest BCUT2D eigenvalue weighted by atomic mass is 16.5. The van der Waals surface area contributed by atoms with Gasteiger partial charge >= 0.3 is 0 Å². The number of hydrogen-bond acceptors (Lipinski definition) is 3. The Balaban J connectivity index is 1.57. The van der Waals surface area contributed by atoms with Gasteiger partial charge < -0.3 is 15.0 Å². The van der Waals surface area contributed by atoms with Crippen LogP contribution in [0.15, 0.2) is 48.5 Å². The lowest BCUT2D eigenvalue weighted by molar-refractivity contribution is -0.126. The van der Waals surface area contributed by atoms with Crippen LogP contribution in [-0.2, 0) is 16.0 Å². The Morgan fingerprint density at radius 2 is 2.04 bits per heavy atom. The molecule has 1 aliphatic heterocycles. The number of hydrogen-bond donors (Lipinski definition) is 1. The van der Waals surface area contributed by atoms with Gasteiger partial charge in [-0.15, -0.1) is 0 Å². The van der Waals surface area contributed by atoms with Crippen molar-refractivity contribution in [2.45, 2.75) is 26.7 Å². The average molecular weight is 366 g/mol. The standard InChI is InChI=1S/C22H26N2O3/c1-3-27-20-10-5-4-9-19(20)24-15-18(14-21(24)25)22(26)23-12-11-17-8-6-7-16(2)13-17/h4-10,13,18H,3,11-12,14-15H2,1-2H3,(H,23,26). The molecule has 1 saturated heterocycles. The lowest BCUT2D eigenvalue weighted by Crippen LogP contribution is -2.34. The van der Waals surface area contributed by atoms with Gasteiger partial charge in [-0.05, 0) is 38.0 Å². The van der Waals surface area contributed by atoms with Crippen LogP contribution in [0.5, 0.6) is 5.75 Å². The van der Waals surface area contributed by atoms with Crippen molar-refractivity contribution >= 4 is 17.5 Å². The van der Waals surface area contributed by atoms with E-state index in [0.717, 1.165) is 12.1 Å². The van der Waals surface area contributed by atoms with E-state index in [0.29, 0.717) is 25.4 Å². The van der Waals surface area contributed by atoms with Gasteiger partial charge in [0.15, 0.2) is 0 Å². The van der Waals surface area contributed by atoms with Crippen molar-refractivity contribution < 1.29 is 14.3 Å². The van der Waals surface area contributed by atoms with Crippen LogP contribution < -0.4 is 15.0 Å². The number of carbonyl (C=O) groups excluding carboxylic acids is 2. The molecule has 1 fully saturated rings. The van der Waals surface area contributed by atoms with Crippen molar-refractivity contribution in [3.05, 3.63) is 59.7 Å². The van der Waals surface area contributed by atoms with Gasteiger partial charge in [0, 0.05) is 19.5 Å². The maximum Gasteiger partial charge on any atom is 0.227 e. The Bertz CT molecular complexity index is 819. The topological polar surface area (TPSA) is 58.6 Å². The first-order chi connectivity index (χ1) is 13.1. The van der Waals surface area contributed by atoms with E-state index >= 15 is 0 Å². The van der Waals surface area contributed by atoms with Gasteiger partial charge in [0.05, 0.1) is 18.2 Å². The van der Waals surface area contributed by atoms with Crippen LogP contribution in [0.3, 0.4) is 0 Å². The van der Waals surface area contributed by atoms with Crippen LogP contribution in [0.25, 0.3) is 0 Å². The summed E-state index contributed by atoms with van der Waals surface area (Å²) in [5, 5.41) is 2.98. The number of benzene rings is 2. The molecule has 1 unspecified atom stereocenters. The van der Waals surface area contributed by atoms with E-state index in [-0.39, 0.29) is 24.2 Å². The van der Waals surface area contributed by atoms with E-state index in [9.17, 15) is 9.59 Å². The van der Waals surface area contributed by atoms with E-state index in [1.54, 1.807) is 4.90 Å². The largest absolute Gasteiger partial charge is 0.492 e. The number of nitrogens with one attached hydrogen (secondary N) is 1. The molecule has 2 amide bonds. The second kappa shape index (κ2) is 8.71. The molecule has 142 valence electrons. The smallest absolute Gasteiger partial charge is 0.227 e. The van der Waals surface area contributed by atoms with Crippen molar-refractivity contribution in [1.82, 2.24) is 5.32 Å². The highest BCUT2D eigenvalue weighted by molar-refractivity contribution is 6.01. The summed E-state index contributed by atoms with van der Waals surface area (Å²) in [7, 11) is 0. The zero-order chi connectivity index (χ0) is 19.2. The third kappa shape index (κ3) is 4.67. The number of rotatable bonds is 7. The molecule has 5 heteroatoms. The first kappa shape index (κ1) is 19.0. The zero-order valence-corrected chi connectivity index (χ0v) is 15.9. The van der Waals surface area contributed by atoms with Gasteiger partial charge in [-0.2, -0.15) is 0 Å². The minimum Gasteiger partial charge on any atom is -0.492 e. The number of nitrogens with zero attached hydrogens (tertiary/aromatic N) is 1. The molecule has 0 aromatic heterocycles. The monoisotopic (exact) mass is 366 g/mol. The highest BCUT2D eigenvalue weighted by Gasteiger charge is 2.36. The van der Waals surface area contributed by atoms with Crippen molar-refractivity contribution in [1.29, 1.82) is 0 Å². The normalized spacial score (nSPS) is 16.4. The van der Waals surface area contributed by atoms with Gasteiger partial charge in [0.1, 0.15) is 5.75 Å². The number of ether oxygens (including phenoxy) is 1. The predicted octanol–water partition coefficient (Wildman–Crippen LogP) is 3.11. The second-order valence-corrected chi connectivity index (χ2v) is 6.84. The summed E-state index contributed by atoms with van der Waals surface area (Å²) < 4.78 is 5.62. The summed E-state index contributed by atoms with van der Waals surface area (Å²) in [5.41, 5.74) is 3.15. The van der Waals surface area contributed by atoms with Crippen LogP contribution in [0.4, 0.5) is 5.69 Å². The fourth-order valence-corrected chi connectivity index (χ4v) is 3.42. The SMILES string of the molecule is CCOc1ccccc1N1CC(C(=O)NCCc2cccc(C)c2)CC1=O. The van der Waals surface area contributed by atoms with Crippen LogP contribution in [0.2, 0.25) is 0 Å². The molecule has 27 heavy (non-hydrogen) atoms. The van der Waals surface area contributed by atoms with Gasteiger partial charge in [-0.3, -0.25) is 9.59 Å². The van der Waals surface area contributed by atoms with Gasteiger partial charge in [0.25, 0.3) is 0 Å². The van der Waals surface area contributed by atoms with Crippen LogP contribution in [0.1, 0.15) is 24.5 Å². The number of anilines is 1. The molecule has 1 aliphatic rings. The predicted molar refractivity (Wildman–Crippen MR) is 106 cm³/mol. The van der Waals surface area contributed by atoms with Crippen molar-refractivity contribution in [2.24, 2.45) is 5.92 Å². The second-order valence-electron chi connectivity index (χ2n) is 6.84. The summed E-state index contributed by atoms with van der Waals surface area (Å²) in [4.78, 5) is 26.6. The molecular formula is C22H26N2O3. The van der Waals surface area contributed by atoms with Crippen LogP contribution >= 0.6 is 0 Å². The minimum atomic E-state index is -0.329. The van der Waals surface area contributed by atoms with Gasteiger partial charge in [0.2, 0.25) is 11.8 Å². The van der Waals surface area contributed by atoms with E-state index in [1.165, 1.54) is 11.1 Å². The third-order valence-electron chi connectivity index (χ3n) is 4.75. The molecule has 0 bridgehead atoms. The maximum absolute atomic E-state index is 12.5. The summed E-state index contributed by atoms with van der Waals surface area (Å²) in [6.07, 6.45) is 1.02. The van der Waals surface area contributed by atoms with Crippen molar-refractivity contribution in [2.75, 3.05) is 24.6 Å². The Morgan fingerprint density at radius 3 is 2.81 bits per heavy atom. The van der Waals surface area contributed by atoms with Gasteiger partial charge in [-0.1, -0.05) is 42.0 Å². The van der Waals surface area contributed by atoms with E-state index in [4.69, 9.17) is 4.74 Å². The average Bonchev–Trinajstić information content (AvgIpc) is 3.04. The Labute approximate surface area is 160 Å². The van der Waals surface area contributed by atoms with Crippen LogP contribution in [-0.4, -0.2) is 31.5 Å². The molecule has 1 N–H and O–H groups in total. The molecule has 0 radical (unpaired) electrons. The molecule has 3 rings (SSSR count). The zero-order valence-electron chi connectivity index (χ0n) is 15.9. The maximum atomic E-state index is 12.5. The lowest BCUT2D eigenvalue weighted by Gasteiger charge is -2.20. The lowest BCUT2D eigenvalue weighted by atomic mass is 10.1. The third-order valence-corrected chi connectivity index (χ3v) is 4.75. The Kier molecular flexibility index (Phi) is 6.12. The molecule has 1 heterocycles. The molecule has 0 aliphatic carbocycles. The van der Waals surface area contributed by atoms with Crippen molar-refractivity contribution in [3.63, 3.8) is 0 Å². The summed E-state index contributed by atoms with van der Waals surface area (Å²) in [5.74, 6) is 0.243. The minimum absolute atomic E-state index is 0.0408. The fourth-order valence-electron chi connectivity index (χ4n) is 3.42. The first-order valence-electron chi connectivity index (χ1n) is 9.44. The van der Waals surface area contributed by atoms with E-state index in [1.807, 2.05) is 37.3 Å². The van der Waals surface area contributed by atoms with Crippen molar-refractivity contribution in [3.8, 4) is 5.75 Å². The quantitative estimate of drug-likeness (QED) is 0.819. The number of aryl methyl sites for hydroxylation is 1. The van der Waals surface area contributed by atoms with Crippen LogP contribution in [0, 0.1) is 12.8 Å². The Hall–Kier alpha value is -2.82. The molecule has 1 atom stereocenters. The molecule has 2 aromatic rings. The molecule has 0 saturated carbocycles. The molecule has 0 spiro atoms. The summed E-state index contributed by atoms with van der Waals surface area (Å²) in [6.45, 7) is 5.46. The summed E-state index contributed by atoms with van der Waals surface area (Å²) in [6, 6.07) is 15.7. The summed E-state index contributed by atoms with van der Waals surface area (Å²) >= 11 is 0.